The summed E-state index contributed by atoms with van der Waals surface area (Å²) in [4.78, 5) is 16.5. The molecule has 0 spiro atoms. The van der Waals surface area contributed by atoms with Gasteiger partial charge in [-0.3, -0.25) is 9.78 Å². The Morgan fingerprint density at radius 1 is 1.37 bits per heavy atom. The van der Waals surface area contributed by atoms with Gasteiger partial charge in [0, 0.05) is 23.0 Å². The lowest BCUT2D eigenvalue weighted by Crippen LogP contribution is -2.39. The van der Waals surface area contributed by atoms with E-state index in [1.165, 1.54) is 0 Å². The molecule has 0 aliphatic heterocycles. The zero-order valence-corrected chi connectivity index (χ0v) is 12.6. The van der Waals surface area contributed by atoms with E-state index in [0.717, 1.165) is 16.2 Å². The molecule has 1 aromatic carbocycles. The van der Waals surface area contributed by atoms with E-state index in [4.69, 9.17) is 0 Å². The summed E-state index contributed by atoms with van der Waals surface area (Å²) >= 11 is 3.43. The van der Waals surface area contributed by atoms with Crippen molar-refractivity contribution < 1.29 is 4.79 Å². The van der Waals surface area contributed by atoms with Crippen molar-refractivity contribution >= 4 is 32.7 Å². The number of benzene rings is 1. The number of aromatic nitrogens is 1. The van der Waals surface area contributed by atoms with Crippen LogP contribution in [-0.4, -0.2) is 22.3 Å². The van der Waals surface area contributed by atoms with Gasteiger partial charge in [-0.2, -0.15) is 0 Å². The zero-order chi connectivity index (χ0) is 13.8. The molecule has 2 rings (SSSR count). The molecular weight excluding hydrogens is 304 g/mol. The van der Waals surface area contributed by atoms with Crippen LogP contribution >= 0.6 is 15.9 Å². The number of rotatable bonds is 4. The van der Waals surface area contributed by atoms with Gasteiger partial charge in [0.2, 0.25) is 0 Å². The van der Waals surface area contributed by atoms with Crippen molar-refractivity contribution in [3.63, 3.8) is 0 Å². The van der Waals surface area contributed by atoms with Crippen molar-refractivity contribution in [1.29, 1.82) is 0 Å². The predicted molar refractivity (Wildman–Crippen MR) is 81.6 cm³/mol. The third kappa shape index (κ3) is 3.32. The Hall–Kier alpha value is -1.42. The zero-order valence-electron chi connectivity index (χ0n) is 11.1. The minimum Gasteiger partial charge on any atom is -0.348 e. The second-order valence-corrected chi connectivity index (χ2v) is 5.54. The van der Waals surface area contributed by atoms with Gasteiger partial charge in [0.1, 0.15) is 0 Å². The molecule has 0 aliphatic carbocycles. The van der Waals surface area contributed by atoms with Crippen molar-refractivity contribution in [3.05, 3.63) is 42.1 Å². The van der Waals surface area contributed by atoms with Gasteiger partial charge < -0.3 is 5.32 Å². The summed E-state index contributed by atoms with van der Waals surface area (Å²) in [5.41, 5.74) is 1.50. The molecule has 1 aromatic heterocycles. The summed E-state index contributed by atoms with van der Waals surface area (Å²) < 4.78 is 0. The van der Waals surface area contributed by atoms with Gasteiger partial charge in [-0.05, 0) is 18.1 Å². The van der Waals surface area contributed by atoms with Crippen molar-refractivity contribution in [1.82, 2.24) is 10.3 Å². The quantitative estimate of drug-likeness (QED) is 0.877. The third-order valence-corrected chi connectivity index (χ3v) is 3.84. The van der Waals surface area contributed by atoms with Crippen LogP contribution in [0.3, 0.4) is 0 Å². The first-order valence-corrected chi connectivity index (χ1v) is 7.45. The number of carbonyl (C=O) groups excluding carboxylic acids is 1. The number of nitrogens with one attached hydrogen (secondary N) is 1. The molecule has 4 heteroatoms. The molecule has 1 amide bonds. The molecule has 1 heterocycles. The van der Waals surface area contributed by atoms with E-state index in [2.05, 4.69) is 40.1 Å². The van der Waals surface area contributed by atoms with Gasteiger partial charge in [-0.1, -0.05) is 48.0 Å². The Labute approximate surface area is 121 Å². The van der Waals surface area contributed by atoms with Gasteiger partial charge in [0.05, 0.1) is 11.1 Å². The molecule has 0 fully saturated rings. The molecule has 2 aromatic rings. The molecule has 0 aliphatic rings. The smallest absolute Gasteiger partial charge is 0.253 e. The van der Waals surface area contributed by atoms with Gasteiger partial charge in [0.15, 0.2) is 0 Å². The van der Waals surface area contributed by atoms with Gasteiger partial charge in [0.25, 0.3) is 5.91 Å². The Balaban J connectivity index is 2.21. The van der Waals surface area contributed by atoms with Crippen LogP contribution in [0.5, 0.6) is 0 Å². The summed E-state index contributed by atoms with van der Waals surface area (Å²) in [6.45, 7) is 4.18. The highest BCUT2D eigenvalue weighted by Gasteiger charge is 2.16. The summed E-state index contributed by atoms with van der Waals surface area (Å²) in [5, 5.41) is 4.75. The van der Waals surface area contributed by atoms with Gasteiger partial charge in [-0.25, -0.2) is 0 Å². The topological polar surface area (TPSA) is 42.0 Å². The molecule has 1 atom stereocenters. The molecule has 0 saturated carbocycles. The van der Waals surface area contributed by atoms with Crippen molar-refractivity contribution in [2.75, 3.05) is 5.33 Å². The first-order chi connectivity index (χ1) is 9.11. The van der Waals surface area contributed by atoms with Crippen LogP contribution in [-0.2, 0) is 0 Å². The van der Waals surface area contributed by atoms with Crippen LogP contribution < -0.4 is 5.32 Å². The normalized spacial score (nSPS) is 12.6. The summed E-state index contributed by atoms with van der Waals surface area (Å²) in [6, 6.07) is 9.79. The second-order valence-electron chi connectivity index (χ2n) is 4.89. The predicted octanol–water partition coefficient (Wildman–Crippen LogP) is 3.38. The second kappa shape index (κ2) is 6.15. The molecule has 0 radical (unpaired) electrons. The summed E-state index contributed by atoms with van der Waals surface area (Å²) in [5.74, 6) is 0.313. The minimum atomic E-state index is -0.0728. The first-order valence-electron chi connectivity index (χ1n) is 6.33. The maximum atomic E-state index is 12.2. The lowest BCUT2D eigenvalue weighted by Gasteiger charge is -2.19. The molecule has 1 N–H and O–H groups in total. The van der Waals surface area contributed by atoms with Crippen LogP contribution in [0.2, 0.25) is 0 Å². The lowest BCUT2D eigenvalue weighted by atomic mass is 10.1. The Kier molecular flexibility index (Phi) is 4.53. The molecule has 3 nitrogen and oxygen atoms in total. The number of amides is 1. The number of nitrogens with zero attached hydrogens (tertiary/aromatic N) is 1. The van der Waals surface area contributed by atoms with Crippen LogP contribution in [0, 0.1) is 5.92 Å². The van der Waals surface area contributed by atoms with E-state index < -0.39 is 0 Å². The minimum absolute atomic E-state index is 0.0728. The number of hydrogen-bond donors (Lipinski definition) is 1. The number of carbonyl (C=O) groups is 1. The third-order valence-electron chi connectivity index (χ3n) is 3.14. The Morgan fingerprint density at radius 2 is 2.11 bits per heavy atom. The number of fused-ring (bicyclic) bond motifs is 1. The fourth-order valence-corrected chi connectivity index (χ4v) is 2.74. The number of hydrogen-bond acceptors (Lipinski definition) is 2. The van der Waals surface area contributed by atoms with E-state index in [9.17, 15) is 4.79 Å². The average molecular weight is 321 g/mol. The van der Waals surface area contributed by atoms with E-state index in [0.29, 0.717) is 11.5 Å². The lowest BCUT2D eigenvalue weighted by molar-refractivity contribution is 0.0931. The number of pyridine rings is 1. The largest absolute Gasteiger partial charge is 0.348 e. The monoisotopic (exact) mass is 320 g/mol. The van der Waals surface area contributed by atoms with E-state index in [-0.39, 0.29) is 11.9 Å². The van der Waals surface area contributed by atoms with Crippen LogP contribution in [0.15, 0.2) is 36.5 Å². The standard InChI is InChI=1S/C15H17BrN2O/c1-10(2)14(8-16)18-15(19)12-7-11-5-3-4-6-13(11)17-9-12/h3-7,9-10,14H,8H2,1-2H3,(H,18,19). The van der Waals surface area contributed by atoms with E-state index >= 15 is 0 Å². The fourth-order valence-electron chi connectivity index (χ4n) is 1.83. The number of halogens is 1. The Morgan fingerprint density at radius 3 is 2.79 bits per heavy atom. The summed E-state index contributed by atoms with van der Waals surface area (Å²) in [6.07, 6.45) is 1.63. The molecule has 19 heavy (non-hydrogen) atoms. The molecule has 1 unspecified atom stereocenters. The average Bonchev–Trinajstić information content (AvgIpc) is 2.43. The SMILES string of the molecule is CC(C)C(CBr)NC(=O)c1cnc2ccccc2c1. The highest BCUT2D eigenvalue weighted by Crippen LogP contribution is 2.13. The molecule has 0 saturated heterocycles. The van der Waals surface area contributed by atoms with Gasteiger partial charge in [-0.15, -0.1) is 0 Å². The fraction of sp³-hybridized carbons (Fsp3) is 0.333. The van der Waals surface area contributed by atoms with E-state index in [1.54, 1.807) is 6.20 Å². The molecular formula is C15H17BrN2O. The highest BCUT2D eigenvalue weighted by atomic mass is 79.9. The van der Waals surface area contributed by atoms with Crippen LogP contribution in [0.4, 0.5) is 0 Å². The maximum absolute atomic E-state index is 12.2. The maximum Gasteiger partial charge on any atom is 0.253 e. The molecule has 0 bridgehead atoms. The van der Waals surface area contributed by atoms with Crippen molar-refractivity contribution in [3.8, 4) is 0 Å². The van der Waals surface area contributed by atoms with Gasteiger partial charge >= 0.3 is 0 Å². The Bertz CT molecular complexity index is 583. The molecule has 100 valence electrons. The highest BCUT2D eigenvalue weighted by molar-refractivity contribution is 9.09. The van der Waals surface area contributed by atoms with Crippen molar-refractivity contribution in [2.45, 2.75) is 19.9 Å². The number of para-hydroxylation sites is 1. The van der Waals surface area contributed by atoms with Crippen LogP contribution in [0.25, 0.3) is 10.9 Å². The number of alkyl halides is 1. The summed E-state index contributed by atoms with van der Waals surface area (Å²) in [7, 11) is 0. The first kappa shape index (κ1) is 14.0. The van der Waals surface area contributed by atoms with Crippen LogP contribution in [0.1, 0.15) is 24.2 Å². The van der Waals surface area contributed by atoms with E-state index in [1.807, 2.05) is 30.3 Å². The van der Waals surface area contributed by atoms with Crippen molar-refractivity contribution in [2.24, 2.45) is 5.92 Å².